The van der Waals surface area contributed by atoms with Crippen molar-refractivity contribution in [2.24, 2.45) is 0 Å². The molecule has 0 aliphatic rings. The molecule has 0 aliphatic heterocycles. The van der Waals surface area contributed by atoms with E-state index in [1.165, 1.54) is 18.2 Å². The maximum atomic E-state index is 12.3. The highest BCUT2D eigenvalue weighted by molar-refractivity contribution is 7.89. The number of carboxylic acids is 1. The zero-order valence-electron chi connectivity index (χ0n) is 13.9. The third kappa shape index (κ3) is 5.84. The molecule has 0 heterocycles. The van der Waals surface area contributed by atoms with Crippen LogP contribution in [0, 0.1) is 0 Å². The number of unbranched alkanes of at least 4 members (excludes halogenated alkanes) is 1. The molecule has 1 aromatic carbocycles. The van der Waals surface area contributed by atoms with Crippen LogP contribution in [-0.2, 0) is 10.0 Å². The molecular formula is C16H26N2O4S. The largest absolute Gasteiger partial charge is 0.478 e. The van der Waals surface area contributed by atoms with Crippen molar-refractivity contribution >= 4 is 21.7 Å². The van der Waals surface area contributed by atoms with Gasteiger partial charge in [-0.25, -0.2) is 17.9 Å². The van der Waals surface area contributed by atoms with Crippen LogP contribution >= 0.6 is 0 Å². The van der Waals surface area contributed by atoms with Gasteiger partial charge in [-0.05, 0) is 38.0 Å². The first-order chi connectivity index (χ1) is 10.8. The molecule has 7 heteroatoms. The molecule has 0 bridgehead atoms. The molecule has 1 aromatic rings. The molecule has 0 aromatic heterocycles. The molecule has 0 amide bonds. The van der Waals surface area contributed by atoms with E-state index in [1.54, 1.807) is 6.92 Å². The number of carboxylic acid groups (broad SMARTS) is 1. The van der Waals surface area contributed by atoms with Crippen molar-refractivity contribution < 1.29 is 18.3 Å². The number of nitrogens with one attached hydrogen (secondary N) is 2. The summed E-state index contributed by atoms with van der Waals surface area (Å²) in [5.41, 5.74) is 0.402. The third-order valence-electron chi connectivity index (χ3n) is 3.46. The number of rotatable bonds is 10. The van der Waals surface area contributed by atoms with Gasteiger partial charge in [0, 0.05) is 18.3 Å². The molecule has 0 radical (unpaired) electrons. The molecule has 0 saturated carbocycles. The lowest BCUT2D eigenvalue weighted by Gasteiger charge is -2.15. The number of benzene rings is 1. The first-order valence-corrected chi connectivity index (χ1v) is 9.43. The Morgan fingerprint density at radius 3 is 2.52 bits per heavy atom. The van der Waals surface area contributed by atoms with Crippen LogP contribution in [0.1, 0.15) is 56.8 Å². The van der Waals surface area contributed by atoms with Gasteiger partial charge in [0.05, 0.1) is 10.5 Å². The van der Waals surface area contributed by atoms with Crippen molar-refractivity contribution in [1.82, 2.24) is 4.72 Å². The van der Waals surface area contributed by atoms with E-state index in [0.29, 0.717) is 12.2 Å². The Kier molecular flexibility index (Phi) is 7.51. The van der Waals surface area contributed by atoms with Crippen LogP contribution in [0.3, 0.4) is 0 Å². The van der Waals surface area contributed by atoms with E-state index in [-0.39, 0.29) is 16.5 Å². The predicted molar refractivity (Wildman–Crippen MR) is 91.5 cm³/mol. The Morgan fingerprint density at radius 2 is 1.96 bits per heavy atom. The summed E-state index contributed by atoms with van der Waals surface area (Å²) in [6.45, 7) is 6.46. The number of hydrogen-bond acceptors (Lipinski definition) is 4. The van der Waals surface area contributed by atoms with Crippen LogP contribution in [0.15, 0.2) is 23.1 Å². The van der Waals surface area contributed by atoms with Crippen molar-refractivity contribution in [1.29, 1.82) is 0 Å². The quantitative estimate of drug-likeness (QED) is 0.568. The minimum atomic E-state index is -3.72. The Morgan fingerprint density at radius 1 is 1.26 bits per heavy atom. The topological polar surface area (TPSA) is 95.5 Å². The lowest BCUT2D eigenvalue weighted by atomic mass is 10.1. The van der Waals surface area contributed by atoms with E-state index >= 15 is 0 Å². The Balaban J connectivity index is 3.04. The van der Waals surface area contributed by atoms with Crippen molar-refractivity contribution in [3.63, 3.8) is 0 Å². The number of hydrogen-bond donors (Lipinski definition) is 3. The van der Waals surface area contributed by atoms with Crippen molar-refractivity contribution in [3.05, 3.63) is 23.8 Å². The van der Waals surface area contributed by atoms with Gasteiger partial charge in [-0.1, -0.05) is 26.7 Å². The molecule has 130 valence electrons. The molecule has 0 spiro atoms. The lowest BCUT2D eigenvalue weighted by Crippen LogP contribution is -2.32. The fourth-order valence-corrected chi connectivity index (χ4v) is 3.55. The summed E-state index contributed by atoms with van der Waals surface area (Å²) in [5, 5.41) is 12.4. The highest BCUT2D eigenvalue weighted by atomic mass is 32.2. The van der Waals surface area contributed by atoms with Crippen molar-refractivity contribution in [2.45, 2.75) is 57.4 Å². The number of aromatic carboxylic acids is 1. The fraction of sp³-hybridized carbons (Fsp3) is 0.562. The van der Waals surface area contributed by atoms with Crippen molar-refractivity contribution in [2.75, 3.05) is 11.9 Å². The van der Waals surface area contributed by atoms with Crippen molar-refractivity contribution in [3.8, 4) is 0 Å². The first kappa shape index (κ1) is 19.4. The van der Waals surface area contributed by atoms with Gasteiger partial charge in [-0.15, -0.1) is 0 Å². The zero-order chi connectivity index (χ0) is 17.5. The normalized spacial score (nSPS) is 12.8. The highest BCUT2D eigenvalue weighted by Crippen LogP contribution is 2.21. The smallest absolute Gasteiger partial charge is 0.337 e. The number of carbonyl (C=O) groups is 1. The Labute approximate surface area is 138 Å². The van der Waals surface area contributed by atoms with E-state index in [4.69, 9.17) is 0 Å². The van der Waals surface area contributed by atoms with Crippen LogP contribution in [0.25, 0.3) is 0 Å². The van der Waals surface area contributed by atoms with Crippen LogP contribution in [0.2, 0.25) is 0 Å². The Hall–Kier alpha value is -1.60. The van der Waals surface area contributed by atoms with Gasteiger partial charge in [-0.2, -0.15) is 0 Å². The predicted octanol–water partition coefficient (Wildman–Crippen LogP) is 3.06. The summed E-state index contributed by atoms with van der Waals surface area (Å²) < 4.78 is 27.2. The third-order valence-corrected chi connectivity index (χ3v) is 5.04. The Bertz CT molecular complexity index is 629. The summed E-state index contributed by atoms with van der Waals surface area (Å²) in [7, 11) is -3.72. The van der Waals surface area contributed by atoms with Crippen LogP contribution in [0.5, 0.6) is 0 Å². The summed E-state index contributed by atoms with van der Waals surface area (Å²) in [6.07, 6.45) is 3.49. The second-order valence-electron chi connectivity index (χ2n) is 5.60. The number of anilines is 1. The van der Waals surface area contributed by atoms with Gasteiger partial charge in [0.2, 0.25) is 10.0 Å². The van der Waals surface area contributed by atoms with Gasteiger partial charge < -0.3 is 10.4 Å². The van der Waals surface area contributed by atoms with E-state index in [1.807, 2.05) is 13.8 Å². The summed E-state index contributed by atoms with van der Waals surface area (Å²) in [4.78, 5) is 11.4. The van der Waals surface area contributed by atoms with E-state index in [9.17, 15) is 18.3 Å². The standard InChI is InChI=1S/C16H26N2O4S/c1-4-6-10-17-15-9-8-13(11-14(15)16(19)20)23(21,22)18-12(3)7-5-2/h8-9,11-12,17-18H,4-7,10H2,1-3H3,(H,19,20)/t12-/m0/s1. The summed E-state index contributed by atoms with van der Waals surface area (Å²) in [5.74, 6) is -1.15. The second-order valence-corrected chi connectivity index (χ2v) is 7.32. The first-order valence-electron chi connectivity index (χ1n) is 7.95. The summed E-state index contributed by atoms with van der Waals surface area (Å²) >= 11 is 0. The van der Waals surface area contributed by atoms with E-state index in [0.717, 1.165) is 25.7 Å². The molecule has 0 fully saturated rings. The zero-order valence-corrected chi connectivity index (χ0v) is 14.7. The molecule has 0 unspecified atom stereocenters. The maximum absolute atomic E-state index is 12.3. The van der Waals surface area contributed by atoms with Gasteiger partial charge in [0.1, 0.15) is 0 Å². The number of sulfonamides is 1. The van der Waals surface area contributed by atoms with Gasteiger partial charge >= 0.3 is 5.97 Å². The SMILES string of the molecule is CCCCNc1ccc(S(=O)(=O)N[C@@H](C)CCC)cc1C(=O)O. The maximum Gasteiger partial charge on any atom is 0.337 e. The molecule has 23 heavy (non-hydrogen) atoms. The molecule has 6 nitrogen and oxygen atoms in total. The fourth-order valence-electron chi connectivity index (χ4n) is 2.25. The minimum absolute atomic E-state index is 0.0288. The van der Waals surface area contributed by atoms with Gasteiger partial charge in [0.25, 0.3) is 0 Å². The van der Waals surface area contributed by atoms with E-state index in [2.05, 4.69) is 10.0 Å². The highest BCUT2D eigenvalue weighted by Gasteiger charge is 2.20. The average Bonchev–Trinajstić information content (AvgIpc) is 2.47. The lowest BCUT2D eigenvalue weighted by molar-refractivity contribution is 0.0697. The molecule has 0 aliphatic carbocycles. The van der Waals surface area contributed by atoms with Crippen LogP contribution < -0.4 is 10.0 Å². The van der Waals surface area contributed by atoms with Crippen LogP contribution in [0.4, 0.5) is 5.69 Å². The molecule has 1 rings (SSSR count). The molecule has 1 atom stereocenters. The molecule has 3 N–H and O–H groups in total. The second kappa shape index (κ2) is 8.88. The molecule has 0 saturated heterocycles. The van der Waals surface area contributed by atoms with Crippen LogP contribution in [-0.4, -0.2) is 32.1 Å². The minimum Gasteiger partial charge on any atom is -0.478 e. The monoisotopic (exact) mass is 342 g/mol. The molecular weight excluding hydrogens is 316 g/mol. The van der Waals surface area contributed by atoms with E-state index < -0.39 is 16.0 Å². The average molecular weight is 342 g/mol. The summed E-state index contributed by atoms with van der Waals surface area (Å²) in [6, 6.07) is 3.96. The van der Waals surface area contributed by atoms with Gasteiger partial charge in [-0.3, -0.25) is 0 Å². The van der Waals surface area contributed by atoms with Gasteiger partial charge in [0.15, 0.2) is 0 Å².